The lowest BCUT2D eigenvalue weighted by Gasteiger charge is -2.37. The molecule has 1 saturated carbocycles. The first-order chi connectivity index (χ1) is 9.41. The molecule has 0 radical (unpaired) electrons. The van der Waals surface area contributed by atoms with Gasteiger partial charge in [0.05, 0.1) is 10.9 Å². The number of thiazole rings is 1. The van der Waals surface area contributed by atoms with Crippen LogP contribution in [0.25, 0.3) is 0 Å². The monoisotopic (exact) mass is 307 g/mol. The van der Waals surface area contributed by atoms with Crippen LogP contribution in [0, 0.1) is 18.8 Å². The molecule has 3 nitrogen and oxygen atoms in total. The van der Waals surface area contributed by atoms with Crippen molar-refractivity contribution in [3.8, 4) is 0 Å². The van der Waals surface area contributed by atoms with Crippen molar-refractivity contribution in [2.75, 3.05) is 0 Å². The van der Waals surface area contributed by atoms with Gasteiger partial charge in [0.15, 0.2) is 0 Å². The lowest BCUT2D eigenvalue weighted by Crippen LogP contribution is -2.49. The topological polar surface area (TPSA) is 50.9 Å². The van der Waals surface area contributed by atoms with Crippen LogP contribution < -0.4 is 11.3 Å². The highest BCUT2D eigenvalue weighted by molar-refractivity contribution is 7.09. The normalized spacial score (nSPS) is 25.6. The van der Waals surface area contributed by atoms with E-state index in [-0.39, 0.29) is 12.5 Å². The molecule has 1 aromatic rings. The fourth-order valence-corrected chi connectivity index (χ4v) is 3.90. The maximum absolute atomic E-state index is 13.1. The van der Waals surface area contributed by atoms with E-state index in [0.717, 1.165) is 17.1 Å². The van der Waals surface area contributed by atoms with Gasteiger partial charge in [-0.3, -0.25) is 11.3 Å². The zero-order chi connectivity index (χ0) is 14.8. The lowest BCUT2D eigenvalue weighted by molar-refractivity contribution is -0.199. The number of nitrogens with two attached hydrogens (primary N) is 1. The molecule has 0 aliphatic heterocycles. The van der Waals surface area contributed by atoms with Crippen molar-refractivity contribution in [3.05, 3.63) is 16.1 Å². The van der Waals surface area contributed by atoms with Crippen molar-refractivity contribution in [2.45, 2.75) is 51.2 Å². The van der Waals surface area contributed by atoms with Crippen molar-refractivity contribution in [1.82, 2.24) is 10.4 Å². The summed E-state index contributed by atoms with van der Waals surface area (Å²) in [7, 11) is 0. The number of halogens is 3. The molecule has 114 valence electrons. The Bertz CT molecular complexity index is 433. The number of hydrogen-bond donors (Lipinski definition) is 2. The third-order valence-electron chi connectivity index (χ3n) is 4.03. The molecular formula is C13H20F3N3S. The number of hydrazine groups is 1. The van der Waals surface area contributed by atoms with Gasteiger partial charge in [0.2, 0.25) is 0 Å². The quantitative estimate of drug-likeness (QED) is 0.663. The van der Waals surface area contributed by atoms with Crippen molar-refractivity contribution < 1.29 is 13.2 Å². The molecule has 3 N–H and O–H groups in total. The summed E-state index contributed by atoms with van der Waals surface area (Å²) in [6, 6.07) is -0.368. The molecule has 3 unspecified atom stereocenters. The second kappa shape index (κ2) is 6.41. The standard InChI is InChI=1S/C13H20F3N3S/c1-8-7-20-12(18-8)6-11(19-17)9-4-2-3-5-10(9)13(14,15)16/h7,9-11,19H,2-6,17H2,1H3. The fraction of sp³-hybridized carbons (Fsp3) is 0.769. The van der Waals surface area contributed by atoms with E-state index in [1.54, 1.807) is 0 Å². The van der Waals surface area contributed by atoms with Crippen molar-refractivity contribution in [3.63, 3.8) is 0 Å². The van der Waals surface area contributed by atoms with E-state index in [4.69, 9.17) is 5.84 Å². The second-order valence-electron chi connectivity index (χ2n) is 5.46. The third kappa shape index (κ3) is 3.71. The van der Waals surface area contributed by atoms with Gasteiger partial charge < -0.3 is 0 Å². The molecule has 1 aliphatic rings. The summed E-state index contributed by atoms with van der Waals surface area (Å²) in [6.45, 7) is 1.88. The van der Waals surface area contributed by atoms with Crippen LogP contribution in [-0.4, -0.2) is 17.2 Å². The summed E-state index contributed by atoms with van der Waals surface area (Å²) in [5.41, 5.74) is 3.50. The second-order valence-corrected chi connectivity index (χ2v) is 6.40. The molecule has 0 bridgehead atoms. The van der Waals surface area contributed by atoms with E-state index >= 15 is 0 Å². The van der Waals surface area contributed by atoms with Crippen LogP contribution in [0.1, 0.15) is 36.4 Å². The summed E-state index contributed by atoms with van der Waals surface area (Å²) in [5.74, 6) is 3.81. The number of aryl methyl sites for hydroxylation is 1. The summed E-state index contributed by atoms with van der Waals surface area (Å²) >= 11 is 1.48. The highest BCUT2D eigenvalue weighted by Crippen LogP contribution is 2.43. The summed E-state index contributed by atoms with van der Waals surface area (Å²) in [4.78, 5) is 4.32. The maximum Gasteiger partial charge on any atom is 0.392 e. The largest absolute Gasteiger partial charge is 0.392 e. The SMILES string of the molecule is Cc1csc(CC(NN)C2CCCCC2C(F)(F)F)n1. The number of nitrogens with zero attached hydrogens (tertiary/aromatic N) is 1. The first kappa shape index (κ1) is 15.7. The third-order valence-corrected chi connectivity index (χ3v) is 5.02. The number of aromatic nitrogens is 1. The van der Waals surface area contributed by atoms with Crippen molar-refractivity contribution >= 4 is 11.3 Å². The van der Waals surface area contributed by atoms with Crippen LogP contribution in [0.3, 0.4) is 0 Å². The van der Waals surface area contributed by atoms with Gasteiger partial charge in [0, 0.05) is 23.5 Å². The number of alkyl halides is 3. The van der Waals surface area contributed by atoms with Crippen molar-refractivity contribution in [1.29, 1.82) is 0 Å². The first-order valence-electron chi connectivity index (χ1n) is 6.85. The summed E-state index contributed by atoms with van der Waals surface area (Å²) in [6.07, 6.45) is -1.40. The minimum Gasteiger partial charge on any atom is -0.271 e. The highest BCUT2D eigenvalue weighted by Gasteiger charge is 2.47. The Morgan fingerprint density at radius 3 is 2.70 bits per heavy atom. The van der Waals surface area contributed by atoms with Crippen LogP contribution >= 0.6 is 11.3 Å². The molecule has 20 heavy (non-hydrogen) atoms. The Morgan fingerprint density at radius 1 is 1.45 bits per heavy atom. The molecule has 0 saturated heterocycles. The number of hydrogen-bond acceptors (Lipinski definition) is 4. The minimum atomic E-state index is -4.14. The van der Waals surface area contributed by atoms with E-state index in [1.165, 1.54) is 11.3 Å². The Balaban J connectivity index is 2.11. The summed E-state index contributed by atoms with van der Waals surface area (Å²) < 4.78 is 39.4. The predicted octanol–water partition coefficient (Wildman–Crippen LogP) is 3.19. The Morgan fingerprint density at radius 2 is 2.15 bits per heavy atom. The predicted molar refractivity (Wildman–Crippen MR) is 73.2 cm³/mol. The number of rotatable bonds is 4. The van der Waals surface area contributed by atoms with Gasteiger partial charge in [-0.1, -0.05) is 12.8 Å². The molecule has 3 atom stereocenters. The average Bonchev–Trinajstić information content (AvgIpc) is 2.80. The van der Waals surface area contributed by atoms with E-state index in [2.05, 4.69) is 10.4 Å². The van der Waals surface area contributed by atoms with Crippen LogP contribution in [0.5, 0.6) is 0 Å². The molecule has 0 aromatic carbocycles. The van der Waals surface area contributed by atoms with Gasteiger partial charge in [-0.05, 0) is 25.7 Å². The van der Waals surface area contributed by atoms with Gasteiger partial charge in [0.25, 0.3) is 0 Å². The van der Waals surface area contributed by atoms with Crippen LogP contribution in [-0.2, 0) is 6.42 Å². The number of nitrogens with one attached hydrogen (secondary N) is 1. The lowest BCUT2D eigenvalue weighted by atomic mass is 9.74. The molecule has 2 rings (SSSR count). The summed E-state index contributed by atoms with van der Waals surface area (Å²) in [5, 5.41) is 2.75. The zero-order valence-electron chi connectivity index (χ0n) is 11.4. The Hall–Kier alpha value is -0.660. The maximum atomic E-state index is 13.1. The van der Waals surface area contributed by atoms with Gasteiger partial charge in [-0.25, -0.2) is 4.98 Å². The van der Waals surface area contributed by atoms with Gasteiger partial charge >= 0.3 is 6.18 Å². The first-order valence-corrected chi connectivity index (χ1v) is 7.73. The molecule has 0 spiro atoms. The van der Waals surface area contributed by atoms with Crippen LogP contribution in [0.4, 0.5) is 13.2 Å². The van der Waals surface area contributed by atoms with E-state index in [0.29, 0.717) is 19.3 Å². The molecular weight excluding hydrogens is 287 g/mol. The molecule has 1 fully saturated rings. The molecule has 1 heterocycles. The van der Waals surface area contributed by atoms with E-state index in [1.807, 2.05) is 12.3 Å². The van der Waals surface area contributed by atoms with Crippen LogP contribution in [0.2, 0.25) is 0 Å². The van der Waals surface area contributed by atoms with Crippen LogP contribution in [0.15, 0.2) is 5.38 Å². The molecule has 7 heteroatoms. The molecule has 1 aliphatic carbocycles. The van der Waals surface area contributed by atoms with Crippen molar-refractivity contribution in [2.24, 2.45) is 17.7 Å². The molecule has 0 amide bonds. The zero-order valence-corrected chi connectivity index (χ0v) is 12.2. The smallest absolute Gasteiger partial charge is 0.271 e. The van der Waals surface area contributed by atoms with Gasteiger partial charge in [-0.2, -0.15) is 13.2 Å². The van der Waals surface area contributed by atoms with Gasteiger partial charge in [0.1, 0.15) is 0 Å². The Labute approximate surface area is 120 Å². The van der Waals surface area contributed by atoms with Gasteiger partial charge in [-0.15, -0.1) is 11.3 Å². The Kier molecular flexibility index (Phi) is 5.04. The molecule has 1 aromatic heterocycles. The average molecular weight is 307 g/mol. The van der Waals surface area contributed by atoms with E-state index < -0.39 is 18.0 Å². The minimum absolute atomic E-state index is 0.212. The van der Waals surface area contributed by atoms with E-state index in [9.17, 15) is 13.2 Å². The fourth-order valence-electron chi connectivity index (χ4n) is 3.07. The highest BCUT2D eigenvalue weighted by atomic mass is 32.1.